The van der Waals surface area contributed by atoms with Crippen LogP contribution in [0.1, 0.15) is 62.5 Å². The lowest BCUT2D eigenvalue weighted by Crippen LogP contribution is -2.03. The highest BCUT2D eigenvalue weighted by molar-refractivity contribution is 6.11. The first-order valence-corrected chi connectivity index (χ1v) is 12.1. The van der Waals surface area contributed by atoms with Gasteiger partial charge in [-0.25, -0.2) is 0 Å². The van der Waals surface area contributed by atoms with Crippen LogP contribution in [0.5, 0.6) is 11.5 Å². The zero-order valence-electron chi connectivity index (χ0n) is 19.7. The van der Waals surface area contributed by atoms with Crippen LogP contribution in [-0.2, 0) is 0 Å². The van der Waals surface area contributed by atoms with Gasteiger partial charge in [0.15, 0.2) is 0 Å². The monoisotopic (exact) mass is 438 g/mol. The first-order chi connectivity index (χ1) is 15.7. The number of aryl methyl sites for hydroxylation is 2. The molecule has 4 nitrogen and oxygen atoms in total. The number of ether oxygens (including phenoxy) is 2. The number of benzene rings is 3. The molecule has 0 aromatic heterocycles. The predicted molar refractivity (Wildman–Crippen MR) is 133 cm³/mol. The SMILES string of the molecule is Cc1ccc2c(OCCCCCCO)c3cc(C)ccc3c(OCCCCCCO)c2c1. The summed E-state index contributed by atoms with van der Waals surface area (Å²) >= 11 is 0. The second kappa shape index (κ2) is 12.7. The van der Waals surface area contributed by atoms with Gasteiger partial charge in [-0.05, 0) is 64.5 Å². The number of rotatable bonds is 14. The van der Waals surface area contributed by atoms with Crippen molar-refractivity contribution in [1.29, 1.82) is 0 Å². The minimum absolute atomic E-state index is 0.262. The summed E-state index contributed by atoms with van der Waals surface area (Å²) in [6, 6.07) is 13.0. The summed E-state index contributed by atoms with van der Waals surface area (Å²) in [4.78, 5) is 0. The van der Waals surface area contributed by atoms with Crippen molar-refractivity contribution in [3.8, 4) is 11.5 Å². The maximum Gasteiger partial charge on any atom is 0.135 e. The molecule has 3 aromatic carbocycles. The van der Waals surface area contributed by atoms with Crippen LogP contribution in [0.3, 0.4) is 0 Å². The largest absolute Gasteiger partial charge is 0.492 e. The molecule has 3 rings (SSSR count). The van der Waals surface area contributed by atoms with Crippen molar-refractivity contribution >= 4 is 21.5 Å². The summed E-state index contributed by atoms with van der Waals surface area (Å²) in [5, 5.41) is 22.3. The summed E-state index contributed by atoms with van der Waals surface area (Å²) in [5.41, 5.74) is 2.40. The summed E-state index contributed by atoms with van der Waals surface area (Å²) in [7, 11) is 0. The number of aliphatic hydroxyl groups excluding tert-OH is 2. The summed E-state index contributed by atoms with van der Waals surface area (Å²) in [6.07, 6.45) is 7.86. The molecule has 32 heavy (non-hydrogen) atoms. The van der Waals surface area contributed by atoms with E-state index in [1.165, 1.54) is 11.1 Å². The van der Waals surface area contributed by atoms with Crippen molar-refractivity contribution in [3.63, 3.8) is 0 Å². The average molecular weight is 439 g/mol. The van der Waals surface area contributed by atoms with Crippen LogP contribution < -0.4 is 9.47 Å². The predicted octanol–water partition coefficient (Wildman–Crippen LogP) is 6.47. The Morgan fingerprint density at radius 1 is 0.531 bits per heavy atom. The molecule has 3 aromatic rings. The van der Waals surface area contributed by atoms with Gasteiger partial charge in [0.1, 0.15) is 11.5 Å². The number of hydrogen-bond donors (Lipinski definition) is 2. The number of fused-ring (bicyclic) bond motifs is 2. The van der Waals surface area contributed by atoms with E-state index < -0.39 is 0 Å². The van der Waals surface area contributed by atoms with Gasteiger partial charge >= 0.3 is 0 Å². The normalized spacial score (nSPS) is 11.4. The summed E-state index contributed by atoms with van der Waals surface area (Å²) in [5.74, 6) is 1.88. The van der Waals surface area contributed by atoms with E-state index in [4.69, 9.17) is 19.7 Å². The fourth-order valence-corrected chi connectivity index (χ4v) is 4.17. The van der Waals surface area contributed by atoms with Crippen LogP contribution >= 0.6 is 0 Å². The quantitative estimate of drug-likeness (QED) is 0.224. The third kappa shape index (κ3) is 6.36. The standard InChI is InChI=1S/C28H38O4/c1-21-11-13-23-25(19-21)27(31-17-9-5-3-7-15-29)24-14-12-22(2)20-26(24)28(23)32-18-10-6-4-8-16-30/h11-14,19-20,29-30H,3-10,15-18H2,1-2H3. The topological polar surface area (TPSA) is 58.9 Å². The van der Waals surface area contributed by atoms with Gasteiger partial charge in [0.25, 0.3) is 0 Å². The fourth-order valence-electron chi connectivity index (χ4n) is 4.17. The van der Waals surface area contributed by atoms with Crippen molar-refractivity contribution in [2.45, 2.75) is 65.2 Å². The highest BCUT2D eigenvalue weighted by atomic mass is 16.5. The Bertz CT molecular complexity index is 914. The highest BCUT2D eigenvalue weighted by Crippen LogP contribution is 2.43. The molecule has 0 unspecified atom stereocenters. The zero-order valence-corrected chi connectivity index (χ0v) is 19.7. The van der Waals surface area contributed by atoms with E-state index in [0.717, 1.165) is 84.4 Å². The molecule has 4 heteroatoms. The molecule has 0 aliphatic heterocycles. The Balaban J connectivity index is 1.91. The van der Waals surface area contributed by atoms with E-state index in [-0.39, 0.29) is 13.2 Å². The van der Waals surface area contributed by atoms with Crippen LogP contribution in [0.25, 0.3) is 21.5 Å². The van der Waals surface area contributed by atoms with Crippen molar-refractivity contribution < 1.29 is 19.7 Å². The summed E-state index contributed by atoms with van der Waals surface area (Å²) < 4.78 is 12.8. The van der Waals surface area contributed by atoms with Gasteiger partial charge in [0, 0.05) is 34.8 Å². The first kappa shape index (κ1) is 24.3. The van der Waals surface area contributed by atoms with E-state index in [1.54, 1.807) is 0 Å². The molecule has 0 saturated carbocycles. The molecule has 0 aliphatic rings. The average Bonchev–Trinajstić information content (AvgIpc) is 2.79. The van der Waals surface area contributed by atoms with E-state index in [0.29, 0.717) is 13.2 Å². The van der Waals surface area contributed by atoms with Crippen molar-refractivity contribution in [3.05, 3.63) is 47.5 Å². The molecule has 0 saturated heterocycles. The lowest BCUT2D eigenvalue weighted by molar-refractivity contribution is 0.274. The highest BCUT2D eigenvalue weighted by Gasteiger charge is 2.17. The van der Waals surface area contributed by atoms with Crippen LogP contribution in [0.2, 0.25) is 0 Å². The van der Waals surface area contributed by atoms with Crippen molar-refractivity contribution in [2.24, 2.45) is 0 Å². The molecule has 0 atom stereocenters. The van der Waals surface area contributed by atoms with Crippen molar-refractivity contribution in [1.82, 2.24) is 0 Å². The second-order valence-corrected chi connectivity index (χ2v) is 8.73. The number of unbranched alkanes of at least 4 members (excludes halogenated alkanes) is 6. The minimum atomic E-state index is 0.262. The Morgan fingerprint density at radius 2 is 0.938 bits per heavy atom. The van der Waals surface area contributed by atoms with Crippen LogP contribution in [0.4, 0.5) is 0 Å². The van der Waals surface area contributed by atoms with E-state index in [1.807, 2.05) is 0 Å². The molecule has 0 bridgehead atoms. The third-order valence-electron chi connectivity index (χ3n) is 5.93. The molecule has 0 amide bonds. The van der Waals surface area contributed by atoms with Gasteiger partial charge in [0.05, 0.1) is 13.2 Å². The Kier molecular flexibility index (Phi) is 9.63. The lowest BCUT2D eigenvalue weighted by atomic mass is 9.97. The number of aliphatic hydroxyl groups is 2. The molecule has 2 N–H and O–H groups in total. The smallest absolute Gasteiger partial charge is 0.135 e. The molecule has 0 spiro atoms. The van der Waals surface area contributed by atoms with Crippen LogP contribution in [-0.4, -0.2) is 36.6 Å². The molecule has 0 radical (unpaired) electrons. The van der Waals surface area contributed by atoms with E-state index in [2.05, 4.69) is 50.2 Å². The molecule has 0 heterocycles. The van der Waals surface area contributed by atoms with E-state index in [9.17, 15) is 0 Å². The van der Waals surface area contributed by atoms with Gasteiger partial charge in [0.2, 0.25) is 0 Å². The second-order valence-electron chi connectivity index (χ2n) is 8.73. The lowest BCUT2D eigenvalue weighted by Gasteiger charge is -2.19. The van der Waals surface area contributed by atoms with Gasteiger partial charge in [-0.2, -0.15) is 0 Å². The minimum Gasteiger partial charge on any atom is -0.492 e. The maximum atomic E-state index is 8.97. The molecule has 0 fully saturated rings. The Morgan fingerprint density at radius 3 is 1.34 bits per heavy atom. The molecular formula is C28H38O4. The van der Waals surface area contributed by atoms with Crippen molar-refractivity contribution in [2.75, 3.05) is 26.4 Å². The van der Waals surface area contributed by atoms with Gasteiger partial charge < -0.3 is 19.7 Å². The molecular weight excluding hydrogens is 400 g/mol. The van der Waals surface area contributed by atoms with Gasteiger partial charge in [-0.15, -0.1) is 0 Å². The van der Waals surface area contributed by atoms with E-state index >= 15 is 0 Å². The Hall–Kier alpha value is -2.30. The first-order valence-electron chi connectivity index (χ1n) is 12.1. The molecule has 0 aliphatic carbocycles. The Labute approximate surface area is 192 Å². The fraction of sp³-hybridized carbons (Fsp3) is 0.500. The summed E-state index contributed by atoms with van der Waals surface area (Å²) in [6.45, 7) is 6.08. The maximum absolute atomic E-state index is 8.97. The number of hydrogen-bond acceptors (Lipinski definition) is 4. The molecule has 174 valence electrons. The zero-order chi connectivity index (χ0) is 22.8. The van der Waals surface area contributed by atoms with Crippen LogP contribution in [0.15, 0.2) is 36.4 Å². The van der Waals surface area contributed by atoms with Crippen LogP contribution in [0, 0.1) is 13.8 Å². The van der Waals surface area contributed by atoms with Gasteiger partial charge in [-0.1, -0.05) is 48.2 Å². The van der Waals surface area contributed by atoms with Gasteiger partial charge in [-0.3, -0.25) is 0 Å². The third-order valence-corrected chi connectivity index (χ3v) is 5.93.